The van der Waals surface area contributed by atoms with Gasteiger partial charge in [-0.05, 0) is 42.5 Å². The molecule has 3 heteroatoms. The number of hydrogen-bond donors (Lipinski definition) is 1. The van der Waals surface area contributed by atoms with Crippen molar-refractivity contribution in [2.24, 2.45) is 0 Å². The Morgan fingerprint density at radius 1 is 1.12 bits per heavy atom. The van der Waals surface area contributed by atoms with Crippen LogP contribution >= 0.6 is 0 Å². The number of anilines is 1. The fourth-order valence-corrected chi connectivity index (χ4v) is 2.74. The predicted octanol–water partition coefficient (Wildman–Crippen LogP) is 4.92. The topological polar surface area (TPSA) is 42.0 Å². The third-order valence-electron chi connectivity index (χ3n) is 4.03. The zero-order valence-corrected chi connectivity index (χ0v) is 13.6. The van der Waals surface area contributed by atoms with Crippen LogP contribution in [0.3, 0.4) is 0 Å². The van der Waals surface area contributed by atoms with Crippen LogP contribution in [0.15, 0.2) is 79.1 Å². The molecule has 0 saturated carbocycles. The highest BCUT2D eigenvalue weighted by molar-refractivity contribution is 5.98. The van der Waals surface area contributed by atoms with Gasteiger partial charge in [-0.25, -0.2) is 0 Å². The summed E-state index contributed by atoms with van der Waals surface area (Å²) in [5.41, 5.74) is 1.83. The molecule has 3 rings (SSSR count). The number of nitrogens with zero attached hydrogens (tertiary/aromatic N) is 1. The lowest BCUT2D eigenvalue weighted by atomic mass is 9.94. The van der Waals surface area contributed by atoms with Gasteiger partial charge in [0.2, 0.25) is 5.91 Å². The maximum atomic E-state index is 12.8. The smallest absolute Gasteiger partial charge is 0.232 e. The Morgan fingerprint density at radius 2 is 1.96 bits per heavy atom. The SMILES string of the molecule is CC=CCC(C(=O)Nc1ccc2cnccc2c1)c1ccccc1. The average Bonchev–Trinajstić information content (AvgIpc) is 2.63. The quantitative estimate of drug-likeness (QED) is 0.679. The van der Waals surface area contributed by atoms with E-state index in [9.17, 15) is 4.79 Å². The Kier molecular flexibility index (Phi) is 5.02. The third kappa shape index (κ3) is 3.69. The predicted molar refractivity (Wildman–Crippen MR) is 99.0 cm³/mol. The molecule has 0 fully saturated rings. The molecule has 120 valence electrons. The van der Waals surface area contributed by atoms with Crippen LogP contribution in [0.4, 0.5) is 5.69 Å². The number of aromatic nitrogens is 1. The second-order valence-corrected chi connectivity index (χ2v) is 5.69. The van der Waals surface area contributed by atoms with Crippen LogP contribution in [0.5, 0.6) is 0 Å². The molecule has 1 amide bonds. The summed E-state index contributed by atoms with van der Waals surface area (Å²) in [4.78, 5) is 16.9. The average molecular weight is 316 g/mol. The standard InChI is InChI=1S/C21H20N2O/c1-2-3-9-20(16-7-5-4-6-8-16)21(24)23-19-11-10-18-15-22-13-12-17(18)14-19/h2-8,10-15,20H,9H2,1H3,(H,23,24). The number of allylic oxidation sites excluding steroid dienone is 2. The van der Waals surface area contributed by atoms with Gasteiger partial charge in [-0.3, -0.25) is 9.78 Å². The van der Waals surface area contributed by atoms with Crippen molar-refractivity contribution < 1.29 is 4.79 Å². The molecule has 3 aromatic rings. The summed E-state index contributed by atoms with van der Waals surface area (Å²) in [5, 5.41) is 5.17. The largest absolute Gasteiger partial charge is 0.326 e. The molecule has 0 bridgehead atoms. The number of amides is 1. The number of pyridine rings is 1. The number of fused-ring (bicyclic) bond motifs is 1. The van der Waals surface area contributed by atoms with Crippen LogP contribution in [0.25, 0.3) is 10.8 Å². The molecule has 1 N–H and O–H groups in total. The minimum atomic E-state index is -0.199. The zero-order valence-electron chi connectivity index (χ0n) is 13.6. The molecule has 0 radical (unpaired) electrons. The van der Waals surface area contributed by atoms with Gasteiger partial charge < -0.3 is 5.32 Å². The number of benzene rings is 2. The van der Waals surface area contributed by atoms with E-state index in [1.807, 2.05) is 79.9 Å². The van der Waals surface area contributed by atoms with Crippen molar-refractivity contribution in [3.05, 3.63) is 84.7 Å². The van der Waals surface area contributed by atoms with E-state index in [4.69, 9.17) is 0 Å². The van der Waals surface area contributed by atoms with E-state index in [2.05, 4.69) is 10.3 Å². The summed E-state index contributed by atoms with van der Waals surface area (Å²) in [6.07, 6.45) is 8.27. The van der Waals surface area contributed by atoms with Crippen molar-refractivity contribution in [3.8, 4) is 0 Å². The molecule has 3 nitrogen and oxygen atoms in total. The van der Waals surface area contributed by atoms with Gasteiger partial charge >= 0.3 is 0 Å². The summed E-state index contributed by atoms with van der Waals surface area (Å²) < 4.78 is 0. The van der Waals surface area contributed by atoms with Crippen LogP contribution in [-0.4, -0.2) is 10.9 Å². The van der Waals surface area contributed by atoms with Crippen LogP contribution < -0.4 is 5.32 Å². The highest BCUT2D eigenvalue weighted by atomic mass is 16.1. The fourth-order valence-electron chi connectivity index (χ4n) is 2.74. The molecule has 1 unspecified atom stereocenters. The molecule has 24 heavy (non-hydrogen) atoms. The summed E-state index contributed by atoms with van der Waals surface area (Å²) in [6, 6.07) is 17.7. The molecule has 2 aromatic carbocycles. The Labute approximate surface area is 142 Å². The van der Waals surface area contributed by atoms with Gasteiger partial charge in [-0.2, -0.15) is 0 Å². The number of nitrogens with one attached hydrogen (secondary N) is 1. The second-order valence-electron chi connectivity index (χ2n) is 5.69. The highest BCUT2D eigenvalue weighted by Crippen LogP contribution is 2.24. The van der Waals surface area contributed by atoms with E-state index in [-0.39, 0.29) is 11.8 Å². The molecule has 0 saturated heterocycles. The monoisotopic (exact) mass is 316 g/mol. The van der Waals surface area contributed by atoms with Crippen LogP contribution in [0, 0.1) is 0 Å². The van der Waals surface area contributed by atoms with Gasteiger partial charge in [-0.1, -0.05) is 48.6 Å². The Morgan fingerprint density at radius 3 is 2.75 bits per heavy atom. The summed E-state index contributed by atoms with van der Waals surface area (Å²) >= 11 is 0. The maximum Gasteiger partial charge on any atom is 0.232 e. The maximum absolute atomic E-state index is 12.8. The Balaban J connectivity index is 1.83. The number of carbonyl (C=O) groups is 1. The third-order valence-corrected chi connectivity index (χ3v) is 4.03. The van der Waals surface area contributed by atoms with E-state index < -0.39 is 0 Å². The van der Waals surface area contributed by atoms with Gasteiger partial charge in [0.15, 0.2) is 0 Å². The summed E-state index contributed by atoms with van der Waals surface area (Å²) in [5.74, 6) is -0.191. The molecule has 0 aliphatic heterocycles. The van der Waals surface area contributed by atoms with Gasteiger partial charge in [0, 0.05) is 23.5 Å². The van der Waals surface area contributed by atoms with E-state index in [0.717, 1.165) is 22.0 Å². The Bertz CT molecular complexity index is 856. The molecule has 1 atom stereocenters. The summed E-state index contributed by atoms with van der Waals surface area (Å²) in [7, 11) is 0. The van der Waals surface area contributed by atoms with Crippen molar-refractivity contribution in [3.63, 3.8) is 0 Å². The van der Waals surface area contributed by atoms with Crippen molar-refractivity contribution in [1.29, 1.82) is 0 Å². The molecule has 0 aliphatic carbocycles. The van der Waals surface area contributed by atoms with Crippen LogP contribution in [0.2, 0.25) is 0 Å². The first kappa shape index (κ1) is 15.9. The lowest BCUT2D eigenvalue weighted by molar-refractivity contribution is -0.117. The first-order valence-corrected chi connectivity index (χ1v) is 8.08. The van der Waals surface area contributed by atoms with Crippen molar-refractivity contribution in [2.45, 2.75) is 19.3 Å². The fraction of sp³-hybridized carbons (Fsp3) is 0.143. The highest BCUT2D eigenvalue weighted by Gasteiger charge is 2.19. The molecule has 0 aliphatic rings. The van der Waals surface area contributed by atoms with E-state index in [1.165, 1.54) is 0 Å². The molecular weight excluding hydrogens is 296 g/mol. The lowest BCUT2D eigenvalue weighted by Gasteiger charge is -2.16. The molecule has 1 heterocycles. The number of rotatable bonds is 5. The minimum absolute atomic E-state index is 0.00714. The van der Waals surface area contributed by atoms with Crippen LogP contribution in [-0.2, 0) is 4.79 Å². The molecular formula is C21H20N2O. The summed E-state index contributed by atoms with van der Waals surface area (Å²) in [6.45, 7) is 1.97. The molecule has 1 aromatic heterocycles. The van der Waals surface area contributed by atoms with Crippen molar-refractivity contribution in [2.75, 3.05) is 5.32 Å². The Hall–Kier alpha value is -2.94. The van der Waals surface area contributed by atoms with E-state index in [0.29, 0.717) is 6.42 Å². The number of carbonyl (C=O) groups excluding carboxylic acids is 1. The first-order chi connectivity index (χ1) is 11.8. The first-order valence-electron chi connectivity index (χ1n) is 8.08. The van der Waals surface area contributed by atoms with Crippen LogP contribution in [0.1, 0.15) is 24.8 Å². The van der Waals surface area contributed by atoms with Gasteiger partial charge in [-0.15, -0.1) is 0 Å². The van der Waals surface area contributed by atoms with E-state index in [1.54, 1.807) is 6.20 Å². The minimum Gasteiger partial charge on any atom is -0.326 e. The number of hydrogen-bond acceptors (Lipinski definition) is 2. The zero-order chi connectivity index (χ0) is 16.8. The normalized spacial score (nSPS) is 12.4. The lowest BCUT2D eigenvalue weighted by Crippen LogP contribution is -2.20. The van der Waals surface area contributed by atoms with Gasteiger partial charge in [0.1, 0.15) is 0 Å². The van der Waals surface area contributed by atoms with E-state index >= 15 is 0 Å². The van der Waals surface area contributed by atoms with Crippen molar-refractivity contribution >= 4 is 22.4 Å². The van der Waals surface area contributed by atoms with Gasteiger partial charge in [0.05, 0.1) is 5.92 Å². The van der Waals surface area contributed by atoms with Gasteiger partial charge in [0.25, 0.3) is 0 Å². The molecule has 0 spiro atoms. The second kappa shape index (κ2) is 7.55. The van der Waals surface area contributed by atoms with Crippen molar-refractivity contribution in [1.82, 2.24) is 4.98 Å².